The van der Waals surface area contributed by atoms with Crippen molar-refractivity contribution in [2.45, 2.75) is 5.51 Å². The van der Waals surface area contributed by atoms with Gasteiger partial charge in [-0.2, -0.15) is 31.5 Å². The van der Waals surface area contributed by atoms with Crippen LogP contribution in [0, 0.1) is 0 Å². The van der Waals surface area contributed by atoms with Crippen LogP contribution < -0.4 is 4.72 Å². The first-order chi connectivity index (χ1) is 9.71. The lowest BCUT2D eigenvalue weighted by molar-refractivity contribution is -0.0446. The summed E-state index contributed by atoms with van der Waals surface area (Å²) in [5, 5.41) is 7.28. The number of halogens is 3. The van der Waals surface area contributed by atoms with E-state index in [2.05, 4.69) is 10.2 Å². The quantitative estimate of drug-likeness (QED) is 0.905. The molecule has 112 valence electrons. The van der Waals surface area contributed by atoms with Gasteiger partial charge in [0.1, 0.15) is 0 Å². The molecule has 0 aliphatic heterocycles. The van der Waals surface area contributed by atoms with E-state index in [0.29, 0.717) is 5.69 Å². The minimum absolute atomic E-state index is 0.454. The zero-order chi connectivity index (χ0) is 15.7. The summed E-state index contributed by atoms with van der Waals surface area (Å²) >= 11 is 0. The highest BCUT2D eigenvalue weighted by Gasteiger charge is 2.47. The smallest absolute Gasteiger partial charge is 0.266 e. The molecule has 2 aromatic rings. The van der Waals surface area contributed by atoms with E-state index in [0.717, 1.165) is 15.7 Å². The van der Waals surface area contributed by atoms with Crippen molar-refractivity contribution >= 4 is 15.9 Å². The van der Waals surface area contributed by atoms with Crippen LogP contribution in [0.15, 0.2) is 36.5 Å². The molecule has 1 N–H and O–H groups in total. The Kier molecular flexibility index (Phi) is 3.68. The lowest BCUT2D eigenvalue weighted by Crippen LogP contribution is -2.40. The van der Waals surface area contributed by atoms with Crippen molar-refractivity contribution < 1.29 is 26.4 Å². The normalized spacial score (nSPS) is 12.1. The molecule has 0 aliphatic carbocycles. The van der Waals surface area contributed by atoms with Gasteiger partial charge in [-0.25, -0.2) is 4.72 Å². The number of aromatic nitrogens is 3. The maximum absolute atomic E-state index is 12.1. The van der Waals surface area contributed by atoms with E-state index < -0.39 is 27.1 Å². The molecular formula is C10H7F3N4O3S. The number of nitrogens with zero attached hydrogens (tertiary/aromatic N) is 3. The van der Waals surface area contributed by atoms with Crippen LogP contribution >= 0.6 is 0 Å². The van der Waals surface area contributed by atoms with Gasteiger partial charge in [-0.05, 0) is 12.1 Å². The highest BCUT2D eigenvalue weighted by atomic mass is 32.2. The summed E-state index contributed by atoms with van der Waals surface area (Å²) in [6.07, 6.45) is 0.855. The predicted octanol–water partition coefficient (Wildman–Crippen LogP) is 0.847. The Labute approximate surface area is 116 Å². The molecule has 0 aliphatic rings. The Hall–Kier alpha value is -2.43. The van der Waals surface area contributed by atoms with Crippen LogP contribution in [0.2, 0.25) is 0 Å². The second-order valence-electron chi connectivity index (χ2n) is 3.74. The van der Waals surface area contributed by atoms with Crippen molar-refractivity contribution in [2.75, 3.05) is 0 Å². The molecule has 1 amide bonds. The summed E-state index contributed by atoms with van der Waals surface area (Å²) in [5.74, 6) is -1.52. The summed E-state index contributed by atoms with van der Waals surface area (Å²) in [7, 11) is -5.78. The zero-order valence-electron chi connectivity index (χ0n) is 10.1. The van der Waals surface area contributed by atoms with Crippen molar-refractivity contribution in [2.24, 2.45) is 0 Å². The summed E-state index contributed by atoms with van der Waals surface area (Å²) in [6.45, 7) is 0. The van der Waals surface area contributed by atoms with Gasteiger partial charge in [0.2, 0.25) is 0 Å². The van der Waals surface area contributed by atoms with Gasteiger partial charge in [-0.3, -0.25) is 4.79 Å². The standard InChI is InChI=1S/C10H7F3N4O3S/c11-10(12,13)21(19,20)16-9(18)8-6-14-17(15-8)7-4-2-1-3-5-7/h1-6H,(H,16,18). The van der Waals surface area contributed by atoms with Crippen molar-refractivity contribution in [3.8, 4) is 5.69 Å². The minimum Gasteiger partial charge on any atom is -0.266 e. The Morgan fingerprint density at radius 2 is 1.81 bits per heavy atom. The van der Waals surface area contributed by atoms with Gasteiger partial charge >= 0.3 is 15.5 Å². The molecule has 7 nitrogen and oxygen atoms in total. The first kappa shape index (κ1) is 15.0. The Balaban J connectivity index is 2.21. The molecule has 0 saturated carbocycles. The average Bonchev–Trinajstić information content (AvgIpc) is 2.87. The number of nitrogens with one attached hydrogen (secondary N) is 1. The molecule has 21 heavy (non-hydrogen) atoms. The van der Waals surface area contributed by atoms with E-state index in [1.165, 1.54) is 0 Å². The summed E-state index contributed by atoms with van der Waals surface area (Å²) in [4.78, 5) is 12.4. The number of carbonyl (C=O) groups is 1. The van der Waals surface area contributed by atoms with Crippen LogP contribution in [-0.2, 0) is 10.0 Å². The molecule has 11 heteroatoms. The summed E-state index contributed by atoms with van der Waals surface area (Å²) in [5.41, 5.74) is -5.69. The number of benzene rings is 1. The van der Waals surface area contributed by atoms with Crippen LogP contribution in [-0.4, -0.2) is 34.8 Å². The molecule has 0 atom stereocenters. The van der Waals surface area contributed by atoms with Gasteiger partial charge in [0.15, 0.2) is 5.69 Å². The van der Waals surface area contributed by atoms with E-state index >= 15 is 0 Å². The highest BCUT2D eigenvalue weighted by Crippen LogP contribution is 2.21. The van der Waals surface area contributed by atoms with Gasteiger partial charge in [0, 0.05) is 0 Å². The molecule has 0 fully saturated rings. The monoisotopic (exact) mass is 320 g/mol. The Morgan fingerprint density at radius 3 is 2.38 bits per heavy atom. The molecule has 0 unspecified atom stereocenters. The number of rotatable bonds is 3. The zero-order valence-corrected chi connectivity index (χ0v) is 10.9. The minimum atomic E-state index is -5.78. The molecule has 1 aromatic heterocycles. The number of para-hydroxylation sites is 1. The van der Waals surface area contributed by atoms with Crippen molar-refractivity contribution in [1.82, 2.24) is 19.7 Å². The SMILES string of the molecule is O=C(NS(=O)(=O)C(F)(F)F)c1cnn(-c2ccccc2)n1. The van der Waals surface area contributed by atoms with Crippen LogP contribution in [0.5, 0.6) is 0 Å². The summed E-state index contributed by atoms with van der Waals surface area (Å²) < 4.78 is 58.9. The highest BCUT2D eigenvalue weighted by molar-refractivity contribution is 7.90. The van der Waals surface area contributed by atoms with E-state index in [1.54, 1.807) is 30.3 Å². The lowest BCUT2D eigenvalue weighted by Gasteiger charge is -2.07. The van der Waals surface area contributed by atoms with Crippen molar-refractivity contribution in [3.63, 3.8) is 0 Å². The number of sulfonamides is 1. The number of carbonyl (C=O) groups excluding carboxylic acids is 1. The third-order valence-electron chi connectivity index (χ3n) is 2.24. The fraction of sp³-hybridized carbons (Fsp3) is 0.100. The molecule has 0 radical (unpaired) electrons. The fourth-order valence-corrected chi connectivity index (χ4v) is 1.75. The van der Waals surface area contributed by atoms with Crippen molar-refractivity contribution in [3.05, 3.63) is 42.2 Å². The van der Waals surface area contributed by atoms with Gasteiger partial charge in [0.05, 0.1) is 11.9 Å². The van der Waals surface area contributed by atoms with Gasteiger partial charge in [0.25, 0.3) is 5.91 Å². The average molecular weight is 320 g/mol. The Morgan fingerprint density at radius 1 is 1.19 bits per heavy atom. The van der Waals surface area contributed by atoms with Gasteiger partial charge in [-0.15, -0.1) is 5.10 Å². The van der Waals surface area contributed by atoms with Gasteiger partial charge in [-0.1, -0.05) is 18.2 Å². The molecule has 1 aromatic carbocycles. The first-order valence-electron chi connectivity index (χ1n) is 5.32. The van der Waals surface area contributed by atoms with E-state index in [9.17, 15) is 26.4 Å². The Bertz CT molecular complexity index is 755. The number of alkyl halides is 3. The van der Waals surface area contributed by atoms with E-state index in [1.807, 2.05) is 0 Å². The van der Waals surface area contributed by atoms with Crippen molar-refractivity contribution in [1.29, 1.82) is 0 Å². The number of hydrogen-bond donors (Lipinski definition) is 1. The van der Waals surface area contributed by atoms with Crippen LogP contribution in [0.1, 0.15) is 10.5 Å². The topological polar surface area (TPSA) is 94.0 Å². The number of hydrogen-bond acceptors (Lipinski definition) is 5. The first-order valence-corrected chi connectivity index (χ1v) is 6.80. The van der Waals surface area contributed by atoms with E-state index in [-0.39, 0.29) is 0 Å². The second kappa shape index (κ2) is 5.16. The van der Waals surface area contributed by atoms with Crippen LogP contribution in [0.25, 0.3) is 5.69 Å². The third-order valence-corrected chi connectivity index (χ3v) is 3.31. The predicted molar refractivity (Wildman–Crippen MR) is 63.8 cm³/mol. The van der Waals surface area contributed by atoms with Gasteiger partial charge < -0.3 is 0 Å². The number of amides is 1. The molecular weight excluding hydrogens is 313 g/mol. The van der Waals surface area contributed by atoms with E-state index in [4.69, 9.17) is 0 Å². The fourth-order valence-electron chi connectivity index (χ4n) is 1.29. The molecule has 0 bridgehead atoms. The molecule has 0 saturated heterocycles. The largest absolute Gasteiger partial charge is 0.516 e. The molecule has 1 heterocycles. The lowest BCUT2D eigenvalue weighted by atomic mass is 10.3. The summed E-state index contributed by atoms with van der Waals surface area (Å²) in [6, 6.07) is 8.22. The second-order valence-corrected chi connectivity index (χ2v) is 5.41. The maximum Gasteiger partial charge on any atom is 0.516 e. The van der Waals surface area contributed by atoms with Crippen LogP contribution in [0.3, 0.4) is 0 Å². The molecule has 2 rings (SSSR count). The third kappa shape index (κ3) is 3.18. The van der Waals surface area contributed by atoms with Crippen LogP contribution in [0.4, 0.5) is 13.2 Å². The maximum atomic E-state index is 12.1. The molecule has 0 spiro atoms.